The number of hydrogen-bond donors (Lipinski definition) is 2. The van der Waals surface area contributed by atoms with E-state index in [2.05, 4.69) is 4.72 Å². The molecule has 0 fully saturated rings. The Morgan fingerprint density at radius 1 is 1.35 bits per heavy atom. The second-order valence-electron chi connectivity index (χ2n) is 3.35. The van der Waals surface area contributed by atoms with E-state index >= 15 is 0 Å². The predicted octanol–water partition coefficient (Wildman–Crippen LogP) is 1.53. The van der Waals surface area contributed by atoms with Crippen molar-refractivity contribution in [2.75, 3.05) is 17.8 Å². The molecule has 2 N–H and O–H groups in total. The van der Waals surface area contributed by atoms with Crippen molar-refractivity contribution < 1.29 is 17.9 Å². The summed E-state index contributed by atoms with van der Waals surface area (Å²) in [5.74, 6) is -1.07. The van der Waals surface area contributed by atoms with Crippen molar-refractivity contribution in [3.05, 3.63) is 24.0 Å². The second-order valence-corrected chi connectivity index (χ2v) is 5.02. The molecule has 0 atom stereocenters. The lowest BCUT2D eigenvalue weighted by molar-refractivity contribution is 0.447. The van der Waals surface area contributed by atoms with Crippen molar-refractivity contribution in [1.82, 2.24) is 4.31 Å². The number of rotatable bonds is 5. The number of benzene rings is 1. The van der Waals surface area contributed by atoms with Crippen LogP contribution in [0, 0.1) is 5.82 Å². The summed E-state index contributed by atoms with van der Waals surface area (Å²) in [6.45, 7) is 4.03. The summed E-state index contributed by atoms with van der Waals surface area (Å²) in [6, 6.07) is 3.09. The van der Waals surface area contributed by atoms with Gasteiger partial charge in [0.25, 0.3) is 0 Å². The first-order valence-electron chi connectivity index (χ1n) is 5.17. The summed E-state index contributed by atoms with van der Waals surface area (Å²) in [5.41, 5.74) is -0.0432. The number of halogens is 1. The summed E-state index contributed by atoms with van der Waals surface area (Å²) < 4.78 is 39.7. The SMILES string of the molecule is CCN(CC)S(=O)(=O)Nc1ccc(F)cc1O. The Morgan fingerprint density at radius 2 is 1.94 bits per heavy atom. The minimum atomic E-state index is -3.71. The Bertz CT molecular complexity index is 486. The zero-order chi connectivity index (χ0) is 13.1. The molecule has 0 aliphatic rings. The molecular formula is C10H15FN2O3S. The summed E-state index contributed by atoms with van der Waals surface area (Å²) in [5, 5.41) is 9.40. The van der Waals surface area contributed by atoms with Crippen LogP contribution in [0.1, 0.15) is 13.8 Å². The topological polar surface area (TPSA) is 69.6 Å². The molecule has 0 unspecified atom stereocenters. The van der Waals surface area contributed by atoms with Gasteiger partial charge in [-0.2, -0.15) is 12.7 Å². The van der Waals surface area contributed by atoms with Gasteiger partial charge in [0, 0.05) is 19.2 Å². The molecular weight excluding hydrogens is 247 g/mol. The minimum absolute atomic E-state index is 0.0432. The van der Waals surface area contributed by atoms with E-state index in [1.54, 1.807) is 13.8 Å². The molecule has 0 saturated carbocycles. The molecule has 0 saturated heterocycles. The Hall–Kier alpha value is -1.34. The number of hydrogen-bond acceptors (Lipinski definition) is 3. The van der Waals surface area contributed by atoms with E-state index in [9.17, 15) is 17.9 Å². The molecule has 0 amide bonds. The van der Waals surface area contributed by atoms with Crippen LogP contribution in [0.2, 0.25) is 0 Å². The average Bonchev–Trinajstić information content (AvgIpc) is 2.23. The summed E-state index contributed by atoms with van der Waals surface area (Å²) in [4.78, 5) is 0. The van der Waals surface area contributed by atoms with E-state index in [4.69, 9.17) is 0 Å². The molecule has 0 aromatic heterocycles. The molecule has 1 aromatic rings. The van der Waals surface area contributed by atoms with Crippen LogP contribution in [-0.4, -0.2) is 30.9 Å². The molecule has 0 bridgehead atoms. The molecule has 0 heterocycles. The lowest BCUT2D eigenvalue weighted by Gasteiger charge is -2.19. The largest absolute Gasteiger partial charge is 0.506 e. The summed E-state index contributed by atoms with van der Waals surface area (Å²) >= 11 is 0. The fraction of sp³-hybridized carbons (Fsp3) is 0.400. The lowest BCUT2D eigenvalue weighted by Crippen LogP contribution is -2.35. The van der Waals surface area contributed by atoms with Gasteiger partial charge in [0.05, 0.1) is 5.69 Å². The van der Waals surface area contributed by atoms with E-state index < -0.39 is 21.8 Å². The molecule has 0 spiro atoms. The van der Waals surface area contributed by atoms with Crippen molar-refractivity contribution in [1.29, 1.82) is 0 Å². The third-order valence-corrected chi connectivity index (χ3v) is 3.92. The smallest absolute Gasteiger partial charge is 0.301 e. The van der Waals surface area contributed by atoms with Crippen molar-refractivity contribution in [3.63, 3.8) is 0 Å². The van der Waals surface area contributed by atoms with Gasteiger partial charge in [0.1, 0.15) is 11.6 Å². The Morgan fingerprint density at radius 3 is 2.41 bits per heavy atom. The second kappa shape index (κ2) is 5.33. The van der Waals surface area contributed by atoms with Gasteiger partial charge in [-0.3, -0.25) is 4.72 Å². The van der Waals surface area contributed by atoms with Crippen LogP contribution in [0.4, 0.5) is 10.1 Å². The van der Waals surface area contributed by atoms with E-state index in [0.717, 1.165) is 12.1 Å². The maximum atomic E-state index is 12.7. The van der Waals surface area contributed by atoms with Crippen molar-refractivity contribution in [2.45, 2.75) is 13.8 Å². The number of phenolic OH excluding ortho intramolecular Hbond substituents is 1. The predicted molar refractivity (Wildman–Crippen MR) is 63.5 cm³/mol. The van der Waals surface area contributed by atoms with Crippen LogP contribution < -0.4 is 4.72 Å². The van der Waals surface area contributed by atoms with Crippen LogP contribution in [0.5, 0.6) is 5.75 Å². The van der Waals surface area contributed by atoms with E-state index in [1.165, 1.54) is 10.4 Å². The molecule has 0 aliphatic carbocycles. The van der Waals surface area contributed by atoms with Crippen molar-refractivity contribution >= 4 is 15.9 Å². The molecule has 0 aliphatic heterocycles. The fourth-order valence-corrected chi connectivity index (χ4v) is 2.62. The normalized spacial score (nSPS) is 11.8. The summed E-state index contributed by atoms with van der Waals surface area (Å²) in [6.07, 6.45) is 0. The van der Waals surface area contributed by atoms with E-state index in [0.29, 0.717) is 13.1 Å². The van der Waals surface area contributed by atoms with Crippen LogP contribution in [0.3, 0.4) is 0 Å². The van der Waals surface area contributed by atoms with Gasteiger partial charge in [0.15, 0.2) is 0 Å². The van der Waals surface area contributed by atoms with Gasteiger partial charge in [-0.15, -0.1) is 0 Å². The fourth-order valence-electron chi connectivity index (χ4n) is 1.36. The highest BCUT2D eigenvalue weighted by molar-refractivity contribution is 7.90. The third-order valence-electron chi connectivity index (χ3n) is 2.24. The Kier molecular flexibility index (Phi) is 4.30. The van der Waals surface area contributed by atoms with E-state index in [1.807, 2.05) is 0 Å². The van der Waals surface area contributed by atoms with Crippen molar-refractivity contribution in [3.8, 4) is 5.75 Å². The summed E-state index contributed by atoms with van der Waals surface area (Å²) in [7, 11) is -3.71. The third kappa shape index (κ3) is 3.31. The minimum Gasteiger partial charge on any atom is -0.506 e. The van der Waals surface area contributed by atoms with Crippen LogP contribution in [0.25, 0.3) is 0 Å². The highest BCUT2D eigenvalue weighted by Crippen LogP contribution is 2.25. The first kappa shape index (κ1) is 13.7. The lowest BCUT2D eigenvalue weighted by atomic mass is 10.3. The zero-order valence-electron chi connectivity index (χ0n) is 9.64. The molecule has 0 radical (unpaired) electrons. The zero-order valence-corrected chi connectivity index (χ0v) is 10.5. The average molecular weight is 262 g/mol. The van der Waals surface area contributed by atoms with Gasteiger partial charge in [0.2, 0.25) is 0 Å². The first-order chi connectivity index (χ1) is 7.90. The monoisotopic (exact) mass is 262 g/mol. The number of nitrogens with zero attached hydrogens (tertiary/aromatic N) is 1. The first-order valence-corrected chi connectivity index (χ1v) is 6.61. The molecule has 1 aromatic carbocycles. The van der Waals surface area contributed by atoms with Crippen LogP contribution >= 0.6 is 0 Å². The van der Waals surface area contributed by atoms with Gasteiger partial charge < -0.3 is 5.11 Å². The van der Waals surface area contributed by atoms with Gasteiger partial charge in [-0.05, 0) is 12.1 Å². The van der Waals surface area contributed by atoms with Gasteiger partial charge in [-0.25, -0.2) is 4.39 Å². The van der Waals surface area contributed by atoms with Gasteiger partial charge in [-0.1, -0.05) is 13.8 Å². The van der Waals surface area contributed by atoms with Gasteiger partial charge >= 0.3 is 10.2 Å². The maximum absolute atomic E-state index is 12.7. The standard InChI is InChI=1S/C10H15FN2O3S/c1-3-13(4-2)17(15,16)12-9-6-5-8(11)7-10(9)14/h5-7,12,14H,3-4H2,1-2H3. The molecule has 96 valence electrons. The molecule has 17 heavy (non-hydrogen) atoms. The number of aromatic hydroxyl groups is 1. The van der Waals surface area contributed by atoms with Crippen LogP contribution in [0.15, 0.2) is 18.2 Å². The number of anilines is 1. The molecule has 7 heteroatoms. The quantitative estimate of drug-likeness (QED) is 0.791. The molecule has 5 nitrogen and oxygen atoms in total. The number of nitrogens with one attached hydrogen (secondary N) is 1. The highest BCUT2D eigenvalue weighted by atomic mass is 32.2. The highest BCUT2D eigenvalue weighted by Gasteiger charge is 2.19. The van der Waals surface area contributed by atoms with E-state index in [-0.39, 0.29) is 5.69 Å². The van der Waals surface area contributed by atoms with Crippen molar-refractivity contribution in [2.24, 2.45) is 0 Å². The maximum Gasteiger partial charge on any atom is 0.301 e. The van der Waals surface area contributed by atoms with Crippen LogP contribution in [-0.2, 0) is 10.2 Å². The Labute approximate surface area is 100 Å². The molecule has 1 rings (SSSR count). The number of phenols is 1. The Balaban J connectivity index is 2.98.